The summed E-state index contributed by atoms with van der Waals surface area (Å²) in [4.78, 5) is 17.0. The van der Waals surface area contributed by atoms with Gasteiger partial charge in [-0.05, 0) is 42.9 Å². The minimum absolute atomic E-state index is 0.0103. The lowest BCUT2D eigenvalue weighted by atomic mass is 10.00. The third-order valence-electron chi connectivity index (χ3n) is 5.24. The number of nitrogen functional groups attached to an aromatic ring is 1. The smallest absolute Gasteiger partial charge is 0.242 e. The second-order valence-corrected chi connectivity index (χ2v) is 10.1. The number of carbonyl (C=O) groups excluding carboxylic acids is 1. The highest BCUT2D eigenvalue weighted by atomic mass is 32.2. The van der Waals surface area contributed by atoms with Gasteiger partial charge in [-0.15, -0.1) is 0 Å². The summed E-state index contributed by atoms with van der Waals surface area (Å²) in [5.74, 6) is 0.583. The summed E-state index contributed by atoms with van der Waals surface area (Å²) < 4.78 is 23.8. The minimum atomic E-state index is -3.02. The maximum Gasteiger partial charge on any atom is 0.242 e. The van der Waals surface area contributed by atoms with Gasteiger partial charge < -0.3 is 15.5 Å². The molecule has 1 saturated heterocycles. The van der Waals surface area contributed by atoms with Gasteiger partial charge in [-0.25, -0.2) is 8.42 Å². The van der Waals surface area contributed by atoms with Gasteiger partial charge >= 0.3 is 0 Å². The predicted molar refractivity (Wildman–Crippen MR) is 105 cm³/mol. The Bertz CT molecular complexity index is 776. The highest BCUT2D eigenvalue weighted by Crippen LogP contribution is 2.31. The molecule has 3 rings (SSSR count). The lowest BCUT2D eigenvalue weighted by molar-refractivity contribution is -0.132. The largest absolute Gasteiger partial charge is 0.398 e. The molecule has 0 aliphatic carbocycles. The van der Waals surface area contributed by atoms with Crippen molar-refractivity contribution in [2.45, 2.75) is 39.2 Å². The fourth-order valence-electron chi connectivity index (χ4n) is 4.02. The molecule has 1 fully saturated rings. The van der Waals surface area contributed by atoms with E-state index in [1.807, 2.05) is 18.2 Å². The topological polar surface area (TPSA) is 83.7 Å². The van der Waals surface area contributed by atoms with Crippen LogP contribution in [0.4, 0.5) is 11.4 Å². The molecule has 26 heavy (non-hydrogen) atoms. The number of sulfone groups is 1. The van der Waals surface area contributed by atoms with Gasteiger partial charge in [0.25, 0.3) is 0 Å². The van der Waals surface area contributed by atoms with Crippen molar-refractivity contribution in [3.05, 3.63) is 23.8 Å². The molecule has 2 aliphatic heterocycles. The molecule has 1 amide bonds. The molecule has 2 heterocycles. The molecule has 0 saturated carbocycles. The first-order valence-electron chi connectivity index (χ1n) is 9.39. The van der Waals surface area contributed by atoms with Gasteiger partial charge in [-0.3, -0.25) is 4.79 Å². The maximum absolute atomic E-state index is 13.1. The van der Waals surface area contributed by atoms with Crippen LogP contribution >= 0.6 is 0 Å². The second kappa shape index (κ2) is 7.47. The normalized spacial score (nSPS) is 21.7. The zero-order valence-corrected chi connectivity index (χ0v) is 16.5. The third kappa shape index (κ3) is 4.14. The van der Waals surface area contributed by atoms with E-state index in [9.17, 15) is 13.2 Å². The standard InChI is InChI=1S/C19H29N3O3S/c1-14(2)11-22(15-8-10-26(24,25)13-15)19(23)12-21-9-4-5-16-17(20)6-3-7-18(16)21/h3,6-7,14-15H,4-5,8-13,20H2,1-2H3. The van der Waals surface area contributed by atoms with Crippen molar-refractivity contribution in [3.63, 3.8) is 0 Å². The number of hydrogen-bond acceptors (Lipinski definition) is 5. The van der Waals surface area contributed by atoms with Crippen molar-refractivity contribution in [1.29, 1.82) is 0 Å². The molecule has 2 aliphatic rings. The van der Waals surface area contributed by atoms with Crippen molar-refractivity contribution < 1.29 is 13.2 Å². The zero-order valence-electron chi connectivity index (χ0n) is 15.6. The maximum atomic E-state index is 13.1. The zero-order chi connectivity index (χ0) is 18.9. The summed E-state index contributed by atoms with van der Waals surface area (Å²) in [6.45, 7) is 5.80. The van der Waals surface area contributed by atoms with Gasteiger partial charge in [-0.2, -0.15) is 0 Å². The summed E-state index contributed by atoms with van der Waals surface area (Å²) in [5.41, 5.74) is 9.03. The van der Waals surface area contributed by atoms with E-state index in [0.29, 0.717) is 18.9 Å². The van der Waals surface area contributed by atoms with E-state index in [1.165, 1.54) is 0 Å². The average Bonchev–Trinajstić information content (AvgIpc) is 2.93. The molecule has 0 aromatic heterocycles. The Kier molecular flexibility index (Phi) is 5.46. The molecule has 7 heteroatoms. The minimum Gasteiger partial charge on any atom is -0.398 e. The number of benzene rings is 1. The number of rotatable bonds is 5. The van der Waals surface area contributed by atoms with Crippen LogP contribution in [-0.2, 0) is 21.1 Å². The summed E-state index contributed by atoms with van der Waals surface area (Å²) in [6, 6.07) is 5.65. The molecule has 0 spiro atoms. The fraction of sp³-hybridized carbons (Fsp3) is 0.632. The Labute approximate surface area is 156 Å². The van der Waals surface area contributed by atoms with Crippen LogP contribution in [0.2, 0.25) is 0 Å². The van der Waals surface area contributed by atoms with Gasteiger partial charge in [0.2, 0.25) is 5.91 Å². The lowest BCUT2D eigenvalue weighted by Gasteiger charge is -2.35. The van der Waals surface area contributed by atoms with Crippen LogP contribution in [0.1, 0.15) is 32.3 Å². The van der Waals surface area contributed by atoms with Crippen molar-refractivity contribution >= 4 is 27.1 Å². The molecular formula is C19H29N3O3S. The molecule has 0 bridgehead atoms. The second-order valence-electron chi connectivity index (χ2n) is 7.87. The fourth-order valence-corrected chi connectivity index (χ4v) is 5.75. The Morgan fingerprint density at radius 1 is 1.38 bits per heavy atom. The monoisotopic (exact) mass is 379 g/mol. The Morgan fingerprint density at radius 2 is 2.15 bits per heavy atom. The third-order valence-corrected chi connectivity index (χ3v) is 6.99. The van der Waals surface area contributed by atoms with Crippen molar-refractivity contribution in [1.82, 2.24) is 4.90 Å². The number of amides is 1. The first-order chi connectivity index (χ1) is 12.3. The van der Waals surface area contributed by atoms with Crippen molar-refractivity contribution in [2.75, 3.05) is 41.8 Å². The van der Waals surface area contributed by atoms with E-state index in [-0.39, 0.29) is 30.0 Å². The van der Waals surface area contributed by atoms with E-state index in [1.54, 1.807) is 4.90 Å². The quantitative estimate of drug-likeness (QED) is 0.787. The van der Waals surface area contributed by atoms with Crippen LogP contribution < -0.4 is 10.6 Å². The van der Waals surface area contributed by atoms with Crippen LogP contribution in [0.5, 0.6) is 0 Å². The Hall–Kier alpha value is -1.76. The van der Waals surface area contributed by atoms with Crippen LogP contribution in [0.25, 0.3) is 0 Å². The van der Waals surface area contributed by atoms with Crippen LogP contribution in [0.3, 0.4) is 0 Å². The Morgan fingerprint density at radius 3 is 2.81 bits per heavy atom. The van der Waals surface area contributed by atoms with Gasteiger partial charge in [0.1, 0.15) is 0 Å². The molecule has 1 unspecified atom stereocenters. The van der Waals surface area contributed by atoms with Crippen molar-refractivity contribution in [3.8, 4) is 0 Å². The van der Waals surface area contributed by atoms with Gasteiger partial charge in [-0.1, -0.05) is 19.9 Å². The van der Waals surface area contributed by atoms with Gasteiger partial charge in [0.05, 0.1) is 18.1 Å². The highest BCUT2D eigenvalue weighted by molar-refractivity contribution is 7.91. The van der Waals surface area contributed by atoms with Gasteiger partial charge in [0.15, 0.2) is 9.84 Å². The molecule has 2 N–H and O–H groups in total. The predicted octanol–water partition coefficient (Wildman–Crippen LogP) is 1.69. The summed E-state index contributed by atoms with van der Waals surface area (Å²) in [7, 11) is -3.02. The SMILES string of the molecule is CC(C)CN(C(=O)CN1CCCc2c(N)cccc21)C1CCS(=O)(=O)C1. The molecule has 6 nitrogen and oxygen atoms in total. The van der Waals surface area contributed by atoms with Gasteiger partial charge in [0, 0.05) is 30.5 Å². The number of nitrogens with two attached hydrogens (primary N) is 1. The molecule has 0 radical (unpaired) electrons. The first kappa shape index (κ1) is 19.0. The number of fused-ring (bicyclic) bond motifs is 1. The summed E-state index contributed by atoms with van der Waals surface area (Å²) >= 11 is 0. The summed E-state index contributed by atoms with van der Waals surface area (Å²) in [6.07, 6.45) is 2.45. The number of carbonyl (C=O) groups is 1. The van der Waals surface area contributed by atoms with Crippen LogP contribution in [0, 0.1) is 5.92 Å². The van der Waals surface area contributed by atoms with E-state index in [2.05, 4.69) is 18.7 Å². The van der Waals surface area contributed by atoms with Crippen LogP contribution in [0.15, 0.2) is 18.2 Å². The van der Waals surface area contributed by atoms with E-state index in [4.69, 9.17) is 5.73 Å². The molecule has 1 atom stereocenters. The summed E-state index contributed by atoms with van der Waals surface area (Å²) in [5, 5.41) is 0. The van der Waals surface area contributed by atoms with Crippen molar-refractivity contribution in [2.24, 2.45) is 5.92 Å². The molecule has 144 valence electrons. The Balaban J connectivity index is 1.78. The lowest BCUT2D eigenvalue weighted by Crippen LogP contribution is -2.48. The number of nitrogens with zero attached hydrogens (tertiary/aromatic N) is 2. The molecular weight excluding hydrogens is 350 g/mol. The van der Waals surface area contributed by atoms with E-state index < -0.39 is 9.84 Å². The number of anilines is 2. The average molecular weight is 380 g/mol. The molecule has 1 aromatic carbocycles. The van der Waals surface area contributed by atoms with E-state index >= 15 is 0 Å². The highest BCUT2D eigenvalue weighted by Gasteiger charge is 2.35. The van der Waals surface area contributed by atoms with E-state index in [0.717, 1.165) is 36.3 Å². The number of hydrogen-bond donors (Lipinski definition) is 1. The first-order valence-corrected chi connectivity index (χ1v) is 11.2. The van der Waals surface area contributed by atoms with Crippen LogP contribution in [-0.4, -0.2) is 56.4 Å². The molecule has 1 aromatic rings.